The van der Waals surface area contributed by atoms with E-state index in [9.17, 15) is 4.79 Å². The molecule has 0 aliphatic heterocycles. The van der Waals surface area contributed by atoms with Crippen molar-refractivity contribution < 1.29 is 13.9 Å². The van der Waals surface area contributed by atoms with E-state index in [0.717, 1.165) is 38.6 Å². The topological polar surface area (TPSA) is 51.5 Å². The molecule has 1 aromatic heterocycles. The van der Waals surface area contributed by atoms with Crippen molar-refractivity contribution in [3.63, 3.8) is 0 Å². The Labute approximate surface area is 202 Å². The van der Waals surface area contributed by atoms with Crippen LogP contribution in [0, 0.1) is 0 Å². The second-order valence-corrected chi connectivity index (χ2v) is 8.52. The minimum Gasteiger partial charge on any atom is -0.496 e. The van der Waals surface area contributed by atoms with Crippen LogP contribution in [0.1, 0.15) is 12.5 Å². The van der Waals surface area contributed by atoms with Crippen LogP contribution in [0.2, 0.25) is 5.02 Å². The molecule has 0 radical (unpaired) electrons. The molecule has 0 spiro atoms. The molecule has 0 saturated carbocycles. The molecule has 4 nitrogen and oxygen atoms in total. The average molecular weight is 468 g/mol. The molecule has 4 aromatic carbocycles. The predicted octanol–water partition coefficient (Wildman–Crippen LogP) is 7.96. The van der Waals surface area contributed by atoms with Gasteiger partial charge in [-0.3, -0.25) is 4.79 Å². The van der Waals surface area contributed by atoms with Crippen molar-refractivity contribution in [2.75, 3.05) is 12.4 Å². The highest BCUT2D eigenvalue weighted by atomic mass is 35.5. The van der Waals surface area contributed by atoms with Crippen LogP contribution in [0.25, 0.3) is 38.4 Å². The van der Waals surface area contributed by atoms with Crippen LogP contribution in [0.15, 0.2) is 95.6 Å². The smallest absolute Gasteiger partial charge is 0.248 e. The summed E-state index contributed by atoms with van der Waals surface area (Å²) in [4.78, 5) is 12.6. The second-order valence-electron chi connectivity index (χ2n) is 8.08. The Balaban J connectivity index is 1.53. The number of rotatable bonds is 5. The summed E-state index contributed by atoms with van der Waals surface area (Å²) in [6.07, 6.45) is 3.33. The number of ether oxygens (including phenoxy) is 1. The van der Waals surface area contributed by atoms with Crippen molar-refractivity contribution in [3.05, 3.63) is 102 Å². The van der Waals surface area contributed by atoms with Gasteiger partial charge in [0.15, 0.2) is 0 Å². The zero-order chi connectivity index (χ0) is 23.7. The number of methoxy groups -OCH3 is 1. The molecule has 0 atom stereocenters. The Kier molecular flexibility index (Phi) is 5.83. The van der Waals surface area contributed by atoms with Crippen molar-refractivity contribution >= 4 is 50.5 Å². The zero-order valence-electron chi connectivity index (χ0n) is 18.8. The molecule has 0 aliphatic rings. The Morgan fingerprint density at radius 2 is 1.74 bits per heavy atom. The van der Waals surface area contributed by atoms with Gasteiger partial charge < -0.3 is 14.5 Å². The summed E-state index contributed by atoms with van der Waals surface area (Å²) in [6.45, 7) is 1.89. The van der Waals surface area contributed by atoms with E-state index in [4.69, 9.17) is 20.8 Å². The van der Waals surface area contributed by atoms with Gasteiger partial charge in [0, 0.05) is 39.4 Å². The van der Waals surface area contributed by atoms with Crippen molar-refractivity contribution in [1.29, 1.82) is 0 Å². The van der Waals surface area contributed by atoms with Crippen LogP contribution in [0.3, 0.4) is 0 Å². The minimum absolute atomic E-state index is 0.232. The maximum atomic E-state index is 12.6. The molecule has 5 heteroatoms. The number of hydrogen-bond donors (Lipinski definition) is 1. The number of amides is 1. The van der Waals surface area contributed by atoms with E-state index in [-0.39, 0.29) is 5.91 Å². The maximum Gasteiger partial charge on any atom is 0.248 e. The van der Waals surface area contributed by atoms with E-state index in [0.29, 0.717) is 16.5 Å². The molecule has 0 saturated heterocycles. The van der Waals surface area contributed by atoms with E-state index in [1.165, 1.54) is 5.39 Å². The number of carbonyl (C=O) groups excluding carboxylic acids is 1. The molecule has 0 unspecified atom stereocenters. The fraction of sp³-hybridized carbons (Fsp3) is 0.0690. The van der Waals surface area contributed by atoms with Crippen LogP contribution < -0.4 is 10.1 Å². The first-order chi connectivity index (χ1) is 16.5. The lowest BCUT2D eigenvalue weighted by atomic mass is 9.97. The SMILES string of the molecule is COc1cc2occ(-c3ccc4ccccc4c3)c2cc1/C(C)=C/C(=O)Nc1ccc(Cl)cc1. The van der Waals surface area contributed by atoms with Gasteiger partial charge in [0.05, 0.1) is 13.4 Å². The highest BCUT2D eigenvalue weighted by Crippen LogP contribution is 2.38. The standard InChI is InChI=1S/C29H22ClNO3/c1-18(13-29(32)31-23-11-9-22(30)10-12-23)24-15-25-26(17-34-28(25)16-27(24)33-2)21-8-7-19-5-3-4-6-20(19)14-21/h3-17H,1-2H3,(H,31,32)/b18-13+. The van der Waals surface area contributed by atoms with E-state index >= 15 is 0 Å². The minimum atomic E-state index is -0.232. The summed E-state index contributed by atoms with van der Waals surface area (Å²) >= 11 is 5.92. The number of nitrogens with one attached hydrogen (secondary N) is 1. The van der Waals surface area contributed by atoms with Crippen molar-refractivity contribution in [2.45, 2.75) is 6.92 Å². The van der Waals surface area contributed by atoms with E-state index in [1.807, 2.05) is 31.2 Å². The molecule has 34 heavy (non-hydrogen) atoms. The molecule has 1 heterocycles. The quantitative estimate of drug-likeness (QED) is 0.267. The number of fused-ring (bicyclic) bond motifs is 2. The van der Waals surface area contributed by atoms with Gasteiger partial charge in [0.2, 0.25) is 5.91 Å². The number of carbonyl (C=O) groups is 1. The third-order valence-corrected chi connectivity index (χ3v) is 6.09. The lowest BCUT2D eigenvalue weighted by molar-refractivity contribution is -0.111. The molecule has 168 valence electrons. The summed E-state index contributed by atoms with van der Waals surface area (Å²) in [5.74, 6) is 0.406. The first kappa shape index (κ1) is 21.8. The lowest BCUT2D eigenvalue weighted by Crippen LogP contribution is -2.08. The maximum absolute atomic E-state index is 12.6. The Hall–Kier alpha value is -4.02. The Bertz CT molecular complexity index is 1550. The van der Waals surface area contributed by atoms with Crippen molar-refractivity contribution in [2.24, 2.45) is 0 Å². The average Bonchev–Trinajstić information content (AvgIpc) is 3.27. The largest absolute Gasteiger partial charge is 0.496 e. The normalized spacial score (nSPS) is 11.7. The summed E-state index contributed by atoms with van der Waals surface area (Å²) in [5.41, 5.74) is 5.05. The Morgan fingerprint density at radius 1 is 0.971 bits per heavy atom. The van der Waals surface area contributed by atoms with Crippen LogP contribution in [-0.4, -0.2) is 13.0 Å². The number of benzene rings is 4. The highest BCUT2D eigenvalue weighted by molar-refractivity contribution is 6.30. The molecule has 1 N–H and O–H groups in total. The summed E-state index contributed by atoms with van der Waals surface area (Å²) in [7, 11) is 1.61. The number of allylic oxidation sites excluding steroid dienone is 1. The molecule has 5 rings (SSSR count). The molecular formula is C29H22ClNO3. The molecule has 1 amide bonds. The summed E-state index contributed by atoms with van der Waals surface area (Å²) in [6, 6.07) is 25.5. The van der Waals surface area contributed by atoms with Gasteiger partial charge >= 0.3 is 0 Å². The molecule has 0 aliphatic carbocycles. The number of halogens is 1. The van der Waals surface area contributed by atoms with E-state index < -0.39 is 0 Å². The van der Waals surface area contributed by atoms with Gasteiger partial charge in [-0.05, 0) is 65.2 Å². The van der Waals surface area contributed by atoms with Crippen molar-refractivity contribution in [1.82, 2.24) is 0 Å². The zero-order valence-corrected chi connectivity index (χ0v) is 19.5. The predicted molar refractivity (Wildman–Crippen MR) is 139 cm³/mol. The third kappa shape index (κ3) is 4.28. The van der Waals surface area contributed by atoms with Gasteiger partial charge in [-0.25, -0.2) is 0 Å². The van der Waals surface area contributed by atoms with Gasteiger partial charge in [0.1, 0.15) is 11.3 Å². The van der Waals surface area contributed by atoms with Crippen LogP contribution in [-0.2, 0) is 4.79 Å². The van der Waals surface area contributed by atoms with Crippen LogP contribution >= 0.6 is 11.6 Å². The number of hydrogen-bond acceptors (Lipinski definition) is 3. The Morgan fingerprint density at radius 3 is 2.50 bits per heavy atom. The molecule has 0 fully saturated rings. The molecular weight excluding hydrogens is 446 g/mol. The van der Waals surface area contributed by atoms with E-state index in [1.54, 1.807) is 43.7 Å². The summed E-state index contributed by atoms with van der Waals surface area (Å²) < 4.78 is 11.5. The van der Waals surface area contributed by atoms with Crippen LogP contribution in [0.4, 0.5) is 5.69 Å². The second kappa shape index (κ2) is 9.08. The van der Waals surface area contributed by atoms with E-state index in [2.05, 4.69) is 35.6 Å². The fourth-order valence-electron chi connectivity index (χ4n) is 4.10. The highest BCUT2D eigenvalue weighted by Gasteiger charge is 2.15. The first-order valence-electron chi connectivity index (χ1n) is 10.9. The van der Waals surface area contributed by atoms with Gasteiger partial charge in [-0.1, -0.05) is 48.0 Å². The van der Waals surface area contributed by atoms with Gasteiger partial charge in [0.25, 0.3) is 0 Å². The van der Waals surface area contributed by atoms with Gasteiger partial charge in [-0.2, -0.15) is 0 Å². The first-order valence-corrected chi connectivity index (χ1v) is 11.2. The number of anilines is 1. The van der Waals surface area contributed by atoms with Gasteiger partial charge in [-0.15, -0.1) is 0 Å². The molecule has 5 aromatic rings. The van der Waals surface area contributed by atoms with Crippen molar-refractivity contribution in [3.8, 4) is 16.9 Å². The fourth-order valence-corrected chi connectivity index (χ4v) is 4.22. The monoisotopic (exact) mass is 467 g/mol. The summed E-state index contributed by atoms with van der Waals surface area (Å²) in [5, 5.41) is 6.78. The molecule has 0 bridgehead atoms. The lowest BCUT2D eigenvalue weighted by Gasteiger charge is -2.10. The van der Waals surface area contributed by atoms with Crippen LogP contribution in [0.5, 0.6) is 5.75 Å². The number of furan rings is 1. The third-order valence-electron chi connectivity index (χ3n) is 5.84.